The molecule has 0 aliphatic heterocycles. The summed E-state index contributed by atoms with van der Waals surface area (Å²) >= 11 is 12.3. The minimum Gasteiger partial charge on any atom is -0.489 e. The molecule has 5 heteroatoms. The van der Waals surface area contributed by atoms with Crippen LogP contribution in [0.15, 0.2) is 42.5 Å². The first-order chi connectivity index (χ1) is 11.7. The number of benzene rings is 2. The molecule has 2 aromatic rings. The Kier molecular flexibility index (Phi) is 8.40. The predicted octanol–water partition coefficient (Wildman–Crippen LogP) is 5.09. The molecule has 0 saturated heterocycles. The number of nitrogens with one attached hydrogen (secondary N) is 1. The van der Waals surface area contributed by atoms with Gasteiger partial charge in [0.2, 0.25) is 0 Å². The van der Waals surface area contributed by atoms with E-state index in [1.807, 2.05) is 37.3 Å². The van der Waals surface area contributed by atoms with Crippen molar-refractivity contribution in [3.63, 3.8) is 0 Å². The quantitative estimate of drug-likeness (QED) is 0.593. The SMILES string of the molecule is CCOCCCNCc1ccc(OCc2c(Cl)cccc2Cl)cc1. The predicted molar refractivity (Wildman–Crippen MR) is 100 cm³/mol. The number of hydrogen-bond acceptors (Lipinski definition) is 3. The van der Waals surface area contributed by atoms with Crippen molar-refractivity contribution in [3.8, 4) is 5.75 Å². The highest BCUT2D eigenvalue weighted by Crippen LogP contribution is 2.25. The van der Waals surface area contributed by atoms with Gasteiger partial charge in [-0.15, -0.1) is 0 Å². The zero-order chi connectivity index (χ0) is 17.2. The molecule has 0 radical (unpaired) electrons. The third-order valence-corrected chi connectivity index (χ3v) is 4.25. The first kappa shape index (κ1) is 19.1. The summed E-state index contributed by atoms with van der Waals surface area (Å²) in [5, 5.41) is 4.64. The lowest BCUT2D eigenvalue weighted by Gasteiger charge is -2.10. The molecular weight excluding hydrogens is 345 g/mol. The summed E-state index contributed by atoms with van der Waals surface area (Å²) in [5.41, 5.74) is 2.02. The van der Waals surface area contributed by atoms with Gasteiger partial charge in [0.1, 0.15) is 12.4 Å². The summed E-state index contributed by atoms with van der Waals surface area (Å²) in [6.45, 7) is 5.73. The van der Waals surface area contributed by atoms with E-state index in [9.17, 15) is 0 Å². The molecule has 0 aliphatic rings. The summed E-state index contributed by atoms with van der Waals surface area (Å²) in [4.78, 5) is 0. The number of ether oxygens (including phenoxy) is 2. The van der Waals surface area contributed by atoms with Crippen molar-refractivity contribution >= 4 is 23.2 Å². The molecule has 0 unspecified atom stereocenters. The minimum atomic E-state index is 0.355. The topological polar surface area (TPSA) is 30.5 Å². The minimum absolute atomic E-state index is 0.355. The van der Waals surface area contributed by atoms with Crippen LogP contribution in [0, 0.1) is 0 Å². The molecule has 3 nitrogen and oxygen atoms in total. The monoisotopic (exact) mass is 367 g/mol. The van der Waals surface area contributed by atoms with Crippen LogP contribution in [0.5, 0.6) is 5.75 Å². The van der Waals surface area contributed by atoms with Gasteiger partial charge in [-0.2, -0.15) is 0 Å². The molecule has 0 saturated carbocycles. The van der Waals surface area contributed by atoms with E-state index in [1.54, 1.807) is 0 Å². The smallest absolute Gasteiger partial charge is 0.119 e. The molecule has 0 heterocycles. The van der Waals surface area contributed by atoms with Gasteiger partial charge in [0, 0.05) is 35.4 Å². The van der Waals surface area contributed by atoms with E-state index in [4.69, 9.17) is 32.7 Å². The van der Waals surface area contributed by atoms with E-state index >= 15 is 0 Å². The van der Waals surface area contributed by atoms with Gasteiger partial charge in [-0.1, -0.05) is 41.4 Å². The lowest BCUT2D eigenvalue weighted by atomic mass is 10.2. The molecule has 130 valence electrons. The highest BCUT2D eigenvalue weighted by Gasteiger charge is 2.06. The van der Waals surface area contributed by atoms with Crippen molar-refractivity contribution in [3.05, 3.63) is 63.6 Å². The second-order valence-corrected chi connectivity index (χ2v) is 6.17. The van der Waals surface area contributed by atoms with E-state index in [1.165, 1.54) is 5.56 Å². The second kappa shape index (κ2) is 10.6. The third kappa shape index (κ3) is 6.33. The van der Waals surface area contributed by atoms with Crippen LogP contribution < -0.4 is 10.1 Å². The summed E-state index contributed by atoms with van der Waals surface area (Å²) in [6.07, 6.45) is 1.02. The van der Waals surface area contributed by atoms with Crippen molar-refractivity contribution in [2.24, 2.45) is 0 Å². The lowest BCUT2D eigenvalue weighted by molar-refractivity contribution is 0.144. The fourth-order valence-corrected chi connectivity index (χ4v) is 2.71. The van der Waals surface area contributed by atoms with Crippen molar-refractivity contribution in [2.75, 3.05) is 19.8 Å². The maximum absolute atomic E-state index is 6.14. The van der Waals surface area contributed by atoms with E-state index in [2.05, 4.69) is 17.4 Å². The molecule has 0 bridgehead atoms. The van der Waals surface area contributed by atoms with Crippen LogP contribution in [-0.2, 0) is 17.9 Å². The highest BCUT2D eigenvalue weighted by molar-refractivity contribution is 6.35. The summed E-state index contributed by atoms with van der Waals surface area (Å²) in [6, 6.07) is 13.5. The Bertz CT molecular complexity index is 597. The molecule has 2 rings (SSSR count). The van der Waals surface area contributed by atoms with Crippen molar-refractivity contribution in [2.45, 2.75) is 26.5 Å². The standard InChI is InChI=1S/C19H23Cl2NO2/c1-2-23-12-4-11-22-13-15-7-9-16(10-8-15)24-14-17-18(20)5-3-6-19(17)21/h3,5-10,22H,2,4,11-14H2,1H3. The van der Waals surface area contributed by atoms with E-state index in [0.717, 1.165) is 44.0 Å². The Balaban J connectivity index is 1.76. The third-order valence-electron chi connectivity index (χ3n) is 3.54. The van der Waals surface area contributed by atoms with Gasteiger partial charge in [0.05, 0.1) is 0 Å². The number of rotatable bonds is 10. The van der Waals surface area contributed by atoms with Crippen LogP contribution in [0.2, 0.25) is 10.0 Å². The molecule has 0 aliphatic carbocycles. The first-order valence-corrected chi connectivity index (χ1v) is 8.89. The maximum atomic E-state index is 6.14. The molecule has 24 heavy (non-hydrogen) atoms. The Morgan fingerprint density at radius 2 is 1.71 bits per heavy atom. The lowest BCUT2D eigenvalue weighted by Crippen LogP contribution is -2.16. The zero-order valence-electron chi connectivity index (χ0n) is 13.9. The van der Waals surface area contributed by atoms with Gasteiger partial charge >= 0.3 is 0 Å². The second-order valence-electron chi connectivity index (χ2n) is 5.36. The van der Waals surface area contributed by atoms with Gasteiger partial charge in [0.15, 0.2) is 0 Å². The van der Waals surface area contributed by atoms with Crippen LogP contribution in [-0.4, -0.2) is 19.8 Å². The summed E-state index contributed by atoms with van der Waals surface area (Å²) in [5.74, 6) is 0.797. The Hall–Kier alpha value is -1.26. The van der Waals surface area contributed by atoms with Crippen LogP contribution in [0.1, 0.15) is 24.5 Å². The van der Waals surface area contributed by atoms with E-state index in [0.29, 0.717) is 16.7 Å². The van der Waals surface area contributed by atoms with Crippen molar-refractivity contribution < 1.29 is 9.47 Å². The van der Waals surface area contributed by atoms with Crippen molar-refractivity contribution in [1.82, 2.24) is 5.32 Å². The zero-order valence-corrected chi connectivity index (χ0v) is 15.4. The van der Waals surface area contributed by atoms with Crippen LogP contribution >= 0.6 is 23.2 Å². The Labute approximate surface area is 153 Å². The Morgan fingerprint density at radius 3 is 2.38 bits per heavy atom. The van der Waals surface area contributed by atoms with Crippen LogP contribution in [0.25, 0.3) is 0 Å². The summed E-state index contributed by atoms with van der Waals surface area (Å²) < 4.78 is 11.1. The Morgan fingerprint density at radius 1 is 1.00 bits per heavy atom. The maximum Gasteiger partial charge on any atom is 0.119 e. The van der Waals surface area contributed by atoms with Gasteiger partial charge in [0.25, 0.3) is 0 Å². The fourth-order valence-electron chi connectivity index (χ4n) is 2.21. The normalized spacial score (nSPS) is 10.8. The molecule has 0 spiro atoms. The molecule has 2 aromatic carbocycles. The molecular formula is C19H23Cl2NO2. The molecule has 0 aromatic heterocycles. The average Bonchev–Trinajstić information content (AvgIpc) is 2.59. The number of halogens is 2. The van der Waals surface area contributed by atoms with Gasteiger partial charge in [-0.3, -0.25) is 0 Å². The summed E-state index contributed by atoms with van der Waals surface area (Å²) in [7, 11) is 0. The van der Waals surface area contributed by atoms with E-state index < -0.39 is 0 Å². The van der Waals surface area contributed by atoms with Crippen molar-refractivity contribution in [1.29, 1.82) is 0 Å². The largest absolute Gasteiger partial charge is 0.489 e. The first-order valence-electron chi connectivity index (χ1n) is 8.13. The number of hydrogen-bond donors (Lipinski definition) is 1. The molecule has 0 fully saturated rings. The fraction of sp³-hybridized carbons (Fsp3) is 0.368. The van der Waals surface area contributed by atoms with Gasteiger partial charge in [-0.25, -0.2) is 0 Å². The van der Waals surface area contributed by atoms with Crippen LogP contribution in [0.4, 0.5) is 0 Å². The molecule has 1 N–H and O–H groups in total. The average molecular weight is 368 g/mol. The van der Waals surface area contributed by atoms with E-state index in [-0.39, 0.29) is 0 Å². The molecule has 0 amide bonds. The highest BCUT2D eigenvalue weighted by atomic mass is 35.5. The van der Waals surface area contributed by atoms with Crippen LogP contribution in [0.3, 0.4) is 0 Å². The molecule has 0 atom stereocenters. The van der Waals surface area contributed by atoms with Gasteiger partial charge in [-0.05, 0) is 49.7 Å². The van der Waals surface area contributed by atoms with Gasteiger partial charge < -0.3 is 14.8 Å².